The first-order valence-corrected chi connectivity index (χ1v) is 11.3. The summed E-state index contributed by atoms with van der Waals surface area (Å²) in [5.74, 6) is -0.201. The number of hydrogen-bond acceptors (Lipinski definition) is 2. The van der Waals surface area contributed by atoms with Crippen LogP contribution in [0.15, 0.2) is 91.0 Å². The molecule has 0 unspecified atom stereocenters. The maximum atomic E-state index is 13.6. The lowest BCUT2D eigenvalue weighted by Crippen LogP contribution is -2.49. The van der Waals surface area contributed by atoms with Crippen molar-refractivity contribution in [2.75, 3.05) is 13.1 Å². The molecular weight excluding hydrogens is 396 g/mol. The number of amides is 2. The van der Waals surface area contributed by atoms with Gasteiger partial charge >= 0.3 is 0 Å². The molecule has 32 heavy (non-hydrogen) atoms. The van der Waals surface area contributed by atoms with Gasteiger partial charge in [0.1, 0.15) is 6.04 Å². The number of nitrogens with zero attached hydrogens (tertiary/aromatic N) is 1. The van der Waals surface area contributed by atoms with Crippen molar-refractivity contribution in [3.05, 3.63) is 108 Å². The van der Waals surface area contributed by atoms with E-state index in [-0.39, 0.29) is 17.7 Å². The average molecular weight is 429 g/mol. The van der Waals surface area contributed by atoms with Crippen LogP contribution in [0.5, 0.6) is 0 Å². The van der Waals surface area contributed by atoms with Crippen molar-refractivity contribution in [1.29, 1.82) is 0 Å². The maximum Gasteiger partial charge on any atom is 0.242 e. The third kappa shape index (κ3) is 6.30. The number of benzene rings is 3. The summed E-state index contributed by atoms with van der Waals surface area (Å²) >= 11 is 0. The summed E-state index contributed by atoms with van der Waals surface area (Å²) in [5, 5.41) is 2.86. The second-order valence-electron chi connectivity index (χ2n) is 7.97. The van der Waals surface area contributed by atoms with E-state index in [0.717, 1.165) is 16.7 Å². The molecule has 3 rings (SSSR count). The van der Waals surface area contributed by atoms with E-state index in [4.69, 9.17) is 0 Å². The van der Waals surface area contributed by atoms with Crippen molar-refractivity contribution >= 4 is 11.8 Å². The predicted octanol–water partition coefficient (Wildman–Crippen LogP) is 4.80. The number of nitrogens with one attached hydrogen (secondary N) is 1. The normalized spacial score (nSPS) is 11.7. The van der Waals surface area contributed by atoms with Crippen LogP contribution in [0, 0.1) is 0 Å². The molecule has 1 atom stereocenters. The van der Waals surface area contributed by atoms with Gasteiger partial charge in [0.05, 0.1) is 0 Å². The van der Waals surface area contributed by atoms with Crippen molar-refractivity contribution in [1.82, 2.24) is 10.2 Å². The lowest BCUT2D eigenvalue weighted by Gasteiger charge is -2.30. The van der Waals surface area contributed by atoms with Gasteiger partial charge < -0.3 is 10.2 Å². The molecule has 4 heteroatoms. The largest absolute Gasteiger partial charge is 0.355 e. The van der Waals surface area contributed by atoms with E-state index in [9.17, 15) is 9.59 Å². The van der Waals surface area contributed by atoms with Gasteiger partial charge in [-0.15, -0.1) is 0 Å². The van der Waals surface area contributed by atoms with E-state index in [1.165, 1.54) is 0 Å². The van der Waals surface area contributed by atoms with Crippen LogP contribution in [0.2, 0.25) is 0 Å². The molecule has 0 aliphatic rings. The molecular formula is C28H32N2O2. The molecule has 0 aliphatic carbocycles. The first-order valence-electron chi connectivity index (χ1n) is 11.3. The van der Waals surface area contributed by atoms with Gasteiger partial charge in [0.2, 0.25) is 11.8 Å². The zero-order valence-electron chi connectivity index (χ0n) is 18.9. The molecule has 0 radical (unpaired) electrons. The van der Waals surface area contributed by atoms with Crippen molar-refractivity contribution in [2.24, 2.45) is 0 Å². The summed E-state index contributed by atoms with van der Waals surface area (Å²) in [6.45, 7) is 4.74. The molecule has 4 nitrogen and oxygen atoms in total. The van der Waals surface area contributed by atoms with Gasteiger partial charge in [0, 0.05) is 25.4 Å². The highest BCUT2D eigenvalue weighted by Gasteiger charge is 2.28. The van der Waals surface area contributed by atoms with Crippen molar-refractivity contribution in [2.45, 2.75) is 38.6 Å². The van der Waals surface area contributed by atoms with E-state index in [1.807, 2.05) is 68.4 Å². The highest BCUT2D eigenvalue weighted by molar-refractivity contribution is 5.87. The van der Waals surface area contributed by atoms with Gasteiger partial charge in [-0.25, -0.2) is 0 Å². The van der Waals surface area contributed by atoms with Crippen LogP contribution in [0.25, 0.3) is 0 Å². The molecule has 0 spiro atoms. The Bertz CT molecular complexity index is 935. The standard InChI is InChI=1S/C28H32N2O2/c1-3-29-28(32)22(2)30(20-19-23-13-7-4-8-14-23)27(31)21-26(24-15-9-5-10-16-24)25-17-11-6-12-18-25/h4-18,22,26H,3,19-21H2,1-2H3,(H,29,32)/t22-/m1/s1. The second kappa shape index (κ2) is 11.8. The van der Waals surface area contributed by atoms with Crippen LogP contribution >= 0.6 is 0 Å². The smallest absolute Gasteiger partial charge is 0.242 e. The average Bonchev–Trinajstić information content (AvgIpc) is 2.84. The van der Waals surface area contributed by atoms with Gasteiger partial charge in [-0.2, -0.15) is 0 Å². The molecule has 0 saturated heterocycles. The van der Waals surface area contributed by atoms with Crippen LogP contribution in [0.3, 0.4) is 0 Å². The van der Waals surface area contributed by atoms with Crippen molar-refractivity contribution in [3.63, 3.8) is 0 Å². The fourth-order valence-electron chi connectivity index (χ4n) is 3.98. The topological polar surface area (TPSA) is 49.4 Å². The molecule has 3 aromatic rings. The van der Waals surface area contributed by atoms with Gasteiger partial charge in [-0.3, -0.25) is 9.59 Å². The lowest BCUT2D eigenvalue weighted by atomic mass is 9.88. The first kappa shape index (κ1) is 23.3. The summed E-state index contributed by atoms with van der Waals surface area (Å²) in [4.78, 5) is 28.0. The van der Waals surface area contributed by atoms with Crippen LogP contribution in [0.1, 0.15) is 42.9 Å². The first-order chi connectivity index (χ1) is 15.6. The number of hydrogen-bond donors (Lipinski definition) is 1. The summed E-state index contributed by atoms with van der Waals surface area (Å²) in [6.07, 6.45) is 1.02. The summed E-state index contributed by atoms with van der Waals surface area (Å²) in [5.41, 5.74) is 3.34. The van der Waals surface area contributed by atoms with Gasteiger partial charge in [0.15, 0.2) is 0 Å². The van der Waals surface area contributed by atoms with Gasteiger partial charge in [-0.1, -0.05) is 91.0 Å². The van der Waals surface area contributed by atoms with Gasteiger partial charge in [-0.05, 0) is 37.0 Å². The molecule has 0 bridgehead atoms. The maximum absolute atomic E-state index is 13.6. The molecule has 0 fully saturated rings. The van der Waals surface area contributed by atoms with E-state index in [0.29, 0.717) is 25.9 Å². The number of likely N-dealkylation sites (N-methyl/N-ethyl adjacent to an activating group) is 1. The number of carbonyl (C=O) groups excluding carboxylic acids is 2. The van der Waals surface area contributed by atoms with E-state index < -0.39 is 6.04 Å². The molecule has 0 saturated carbocycles. The zero-order chi connectivity index (χ0) is 22.8. The van der Waals surface area contributed by atoms with Crippen LogP contribution in [0.4, 0.5) is 0 Å². The fourth-order valence-corrected chi connectivity index (χ4v) is 3.98. The van der Waals surface area contributed by atoms with Crippen LogP contribution < -0.4 is 5.32 Å². The van der Waals surface area contributed by atoms with Crippen LogP contribution in [-0.4, -0.2) is 35.8 Å². The summed E-state index contributed by atoms with van der Waals surface area (Å²) < 4.78 is 0. The minimum absolute atomic E-state index is 0.0163. The summed E-state index contributed by atoms with van der Waals surface area (Å²) in [7, 11) is 0. The molecule has 1 N–H and O–H groups in total. The third-order valence-corrected chi connectivity index (χ3v) is 5.79. The third-order valence-electron chi connectivity index (χ3n) is 5.79. The molecule has 0 heterocycles. The second-order valence-corrected chi connectivity index (χ2v) is 7.97. The molecule has 166 valence electrons. The molecule has 2 amide bonds. The Balaban J connectivity index is 1.84. The minimum atomic E-state index is -0.529. The SMILES string of the molecule is CCNC(=O)[C@@H](C)N(CCc1ccccc1)C(=O)CC(c1ccccc1)c1ccccc1. The fraction of sp³-hybridized carbons (Fsp3) is 0.286. The van der Waals surface area contributed by atoms with Crippen LogP contribution in [-0.2, 0) is 16.0 Å². The molecule has 0 aliphatic heterocycles. The Labute approximate surface area is 191 Å². The Morgan fingerprint density at radius 3 is 1.81 bits per heavy atom. The Morgan fingerprint density at radius 1 is 0.812 bits per heavy atom. The number of carbonyl (C=O) groups is 2. The van der Waals surface area contributed by atoms with E-state index >= 15 is 0 Å². The van der Waals surface area contributed by atoms with Crippen molar-refractivity contribution in [3.8, 4) is 0 Å². The quantitative estimate of drug-likeness (QED) is 0.504. The highest BCUT2D eigenvalue weighted by Crippen LogP contribution is 2.29. The zero-order valence-corrected chi connectivity index (χ0v) is 18.9. The Hall–Kier alpha value is -3.40. The van der Waals surface area contributed by atoms with Gasteiger partial charge in [0.25, 0.3) is 0 Å². The summed E-state index contributed by atoms with van der Waals surface area (Å²) in [6, 6.07) is 29.8. The Kier molecular flexibility index (Phi) is 8.61. The molecule has 0 aromatic heterocycles. The minimum Gasteiger partial charge on any atom is -0.355 e. The highest BCUT2D eigenvalue weighted by atomic mass is 16.2. The van der Waals surface area contributed by atoms with E-state index in [1.54, 1.807) is 4.90 Å². The van der Waals surface area contributed by atoms with Crippen molar-refractivity contribution < 1.29 is 9.59 Å². The monoisotopic (exact) mass is 428 g/mol. The predicted molar refractivity (Wildman–Crippen MR) is 129 cm³/mol. The molecule has 3 aromatic carbocycles. The van der Waals surface area contributed by atoms with E-state index in [2.05, 4.69) is 41.7 Å². The Morgan fingerprint density at radius 2 is 1.31 bits per heavy atom. The number of rotatable bonds is 10. The lowest BCUT2D eigenvalue weighted by molar-refractivity contribution is -0.140.